The second kappa shape index (κ2) is 9.38. The first-order valence-corrected chi connectivity index (χ1v) is 11.6. The molecule has 0 aliphatic carbocycles. The highest BCUT2D eigenvalue weighted by Gasteiger charge is 2.34. The maximum Gasteiger partial charge on any atom is 0.267 e. The molecule has 0 N–H and O–H groups in total. The summed E-state index contributed by atoms with van der Waals surface area (Å²) in [5.41, 5.74) is 2.06. The van der Waals surface area contributed by atoms with E-state index in [2.05, 4.69) is 5.10 Å². The van der Waals surface area contributed by atoms with E-state index < -0.39 is 6.10 Å². The van der Waals surface area contributed by atoms with Gasteiger partial charge in [0.2, 0.25) is 6.10 Å². The van der Waals surface area contributed by atoms with Crippen LogP contribution in [0, 0.1) is 6.92 Å². The van der Waals surface area contributed by atoms with E-state index in [1.165, 1.54) is 0 Å². The Morgan fingerprint density at radius 1 is 0.971 bits per heavy atom. The third kappa shape index (κ3) is 4.33. The standard InChI is InChI=1S/C25H25ClN4O4/c1-17-22(23(26)30(27-17)15-18-7-3-2-4-8-18)25(32)29-13-11-28(12-14-29)24(31)21-16-33-19-9-5-6-10-20(19)34-21/h2-10,21H,11-16H2,1H3/t21-/m0/s1. The second-order valence-corrected chi connectivity index (χ2v) is 8.73. The number of nitrogens with zero attached hydrogens (tertiary/aromatic N) is 4. The van der Waals surface area contributed by atoms with Crippen molar-refractivity contribution in [3.8, 4) is 11.5 Å². The topological polar surface area (TPSA) is 76.9 Å². The van der Waals surface area contributed by atoms with E-state index in [4.69, 9.17) is 21.1 Å². The minimum atomic E-state index is -0.690. The average Bonchev–Trinajstić information content (AvgIpc) is 3.15. The van der Waals surface area contributed by atoms with Crippen LogP contribution in [0.3, 0.4) is 0 Å². The van der Waals surface area contributed by atoms with Crippen LogP contribution >= 0.6 is 11.6 Å². The van der Waals surface area contributed by atoms with Gasteiger partial charge in [-0.05, 0) is 24.6 Å². The number of hydrogen-bond donors (Lipinski definition) is 0. The summed E-state index contributed by atoms with van der Waals surface area (Å²) in [4.78, 5) is 29.7. The van der Waals surface area contributed by atoms with Crippen molar-refractivity contribution in [2.75, 3.05) is 32.8 Å². The highest BCUT2D eigenvalue weighted by Crippen LogP contribution is 2.31. The molecule has 1 fully saturated rings. The van der Waals surface area contributed by atoms with Crippen molar-refractivity contribution in [2.24, 2.45) is 0 Å². The number of halogens is 1. The number of ether oxygens (including phenoxy) is 2. The predicted octanol–water partition coefficient (Wildman–Crippen LogP) is 3.02. The van der Waals surface area contributed by atoms with Gasteiger partial charge in [0.25, 0.3) is 11.8 Å². The van der Waals surface area contributed by atoms with E-state index in [0.717, 1.165) is 5.56 Å². The predicted molar refractivity (Wildman–Crippen MR) is 126 cm³/mol. The van der Waals surface area contributed by atoms with Gasteiger partial charge >= 0.3 is 0 Å². The van der Waals surface area contributed by atoms with E-state index >= 15 is 0 Å². The summed E-state index contributed by atoms with van der Waals surface area (Å²) >= 11 is 6.57. The van der Waals surface area contributed by atoms with Crippen molar-refractivity contribution < 1.29 is 19.1 Å². The molecule has 2 aliphatic heterocycles. The Kier molecular flexibility index (Phi) is 6.15. The third-order valence-electron chi connectivity index (χ3n) is 6.12. The molecule has 1 saturated heterocycles. The summed E-state index contributed by atoms with van der Waals surface area (Å²) in [6.07, 6.45) is -0.690. The number of fused-ring (bicyclic) bond motifs is 1. The van der Waals surface area contributed by atoms with Crippen LogP contribution < -0.4 is 9.47 Å². The molecule has 5 rings (SSSR count). The largest absolute Gasteiger partial charge is 0.485 e. The smallest absolute Gasteiger partial charge is 0.267 e. The number of para-hydroxylation sites is 2. The van der Waals surface area contributed by atoms with Gasteiger partial charge in [0.05, 0.1) is 17.8 Å². The summed E-state index contributed by atoms with van der Waals surface area (Å²) in [6, 6.07) is 17.1. The third-order valence-corrected chi connectivity index (χ3v) is 6.50. The van der Waals surface area contributed by atoms with Crippen molar-refractivity contribution in [1.29, 1.82) is 0 Å². The van der Waals surface area contributed by atoms with Gasteiger partial charge in [0.1, 0.15) is 11.8 Å². The number of aromatic nitrogens is 2. The van der Waals surface area contributed by atoms with Gasteiger partial charge in [-0.2, -0.15) is 5.10 Å². The lowest BCUT2D eigenvalue weighted by Gasteiger charge is -2.37. The maximum atomic E-state index is 13.3. The number of amides is 2. The van der Waals surface area contributed by atoms with Crippen LogP contribution in [0.2, 0.25) is 5.15 Å². The number of carbonyl (C=O) groups is 2. The normalized spacial score (nSPS) is 17.5. The lowest BCUT2D eigenvalue weighted by molar-refractivity contribution is -0.142. The molecule has 0 bridgehead atoms. The highest BCUT2D eigenvalue weighted by atomic mass is 35.5. The van der Waals surface area contributed by atoms with Crippen LogP contribution in [0.5, 0.6) is 11.5 Å². The minimum Gasteiger partial charge on any atom is -0.485 e. The van der Waals surface area contributed by atoms with Gasteiger partial charge in [-0.25, -0.2) is 4.68 Å². The van der Waals surface area contributed by atoms with Crippen LogP contribution in [-0.4, -0.2) is 70.3 Å². The Labute approximate surface area is 202 Å². The van der Waals surface area contributed by atoms with Gasteiger partial charge < -0.3 is 19.3 Å². The number of carbonyl (C=O) groups excluding carboxylic acids is 2. The average molecular weight is 481 g/mol. The van der Waals surface area contributed by atoms with Gasteiger partial charge in [0.15, 0.2) is 11.5 Å². The maximum absolute atomic E-state index is 13.3. The number of benzene rings is 2. The van der Waals surface area contributed by atoms with E-state index in [1.54, 1.807) is 27.5 Å². The molecule has 1 atom stereocenters. The summed E-state index contributed by atoms with van der Waals surface area (Å²) < 4.78 is 13.2. The molecule has 9 heteroatoms. The van der Waals surface area contributed by atoms with Gasteiger partial charge in [-0.15, -0.1) is 0 Å². The summed E-state index contributed by atoms with van der Waals surface area (Å²) in [5, 5.41) is 4.82. The molecule has 1 aromatic heterocycles. The number of aryl methyl sites for hydroxylation is 1. The zero-order chi connectivity index (χ0) is 23.7. The molecule has 2 amide bonds. The number of piperazine rings is 1. The molecular formula is C25H25ClN4O4. The van der Waals surface area contributed by atoms with Gasteiger partial charge in [-0.3, -0.25) is 9.59 Å². The van der Waals surface area contributed by atoms with E-state index in [0.29, 0.717) is 60.6 Å². The van der Waals surface area contributed by atoms with Crippen LogP contribution in [0.15, 0.2) is 54.6 Å². The number of rotatable bonds is 4. The Morgan fingerprint density at radius 2 is 1.62 bits per heavy atom. The molecule has 3 heterocycles. The monoisotopic (exact) mass is 480 g/mol. The lowest BCUT2D eigenvalue weighted by atomic mass is 10.2. The van der Waals surface area contributed by atoms with Crippen molar-refractivity contribution in [2.45, 2.75) is 19.6 Å². The molecule has 34 heavy (non-hydrogen) atoms. The van der Waals surface area contributed by atoms with E-state index in [-0.39, 0.29) is 18.4 Å². The minimum absolute atomic E-state index is 0.133. The first-order chi connectivity index (χ1) is 16.5. The van der Waals surface area contributed by atoms with Crippen LogP contribution in [0.25, 0.3) is 0 Å². The van der Waals surface area contributed by atoms with Crippen LogP contribution in [0.1, 0.15) is 21.6 Å². The van der Waals surface area contributed by atoms with Gasteiger partial charge in [-0.1, -0.05) is 54.1 Å². The first-order valence-electron chi connectivity index (χ1n) is 11.2. The Bertz CT molecular complexity index is 1200. The van der Waals surface area contributed by atoms with Crippen LogP contribution in [-0.2, 0) is 11.3 Å². The molecular weight excluding hydrogens is 456 g/mol. The SMILES string of the molecule is Cc1nn(Cc2ccccc2)c(Cl)c1C(=O)N1CCN(C(=O)[C@@H]2COc3ccccc3O2)CC1. The molecule has 176 valence electrons. The van der Waals surface area contributed by atoms with E-state index in [9.17, 15) is 9.59 Å². The van der Waals surface area contributed by atoms with Crippen molar-refractivity contribution in [3.63, 3.8) is 0 Å². The molecule has 2 aromatic carbocycles. The zero-order valence-corrected chi connectivity index (χ0v) is 19.6. The van der Waals surface area contributed by atoms with Crippen molar-refractivity contribution in [1.82, 2.24) is 19.6 Å². The highest BCUT2D eigenvalue weighted by molar-refractivity contribution is 6.33. The number of hydrogen-bond acceptors (Lipinski definition) is 5. The fraction of sp³-hybridized carbons (Fsp3) is 0.320. The van der Waals surface area contributed by atoms with E-state index in [1.807, 2.05) is 48.5 Å². The fourth-order valence-electron chi connectivity index (χ4n) is 4.29. The fourth-order valence-corrected chi connectivity index (χ4v) is 4.61. The summed E-state index contributed by atoms with van der Waals surface area (Å²) in [7, 11) is 0. The molecule has 0 unspecified atom stereocenters. The molecule has 0 radical (unpaired) electrons. The molecule has 0 spiro atoms. The van der Waals surface area contributed by atoms with Crippen molar-refractivity contribution in [3.05, 3.63) is 76.6 Å². The van der Waals surface area contributed by atoms with Crippen LogP contribution in [0.4, 0.5) is 0 Å². The molecule has 0 saturated carbocycles. The second-order valence-electron chi connectivity index (χ2n) is 8.38. The summed E-state index contributed by atoms with van der Waals surface area (Å²) in [5.74, 6) is 0.909. The lowest BCUT2D eigenvalue weighted by Crippen LogP contribution is -2.55. The Hall–Kier alpha value is -3.52. The Morgan fingerprint density at radius 3 is 2.35 bits per heavy atom. The molecule has 3 aromatic rings. The van der Waals surface area contributed by atoms with Gasteiger partial charge in [0, 0.05) is 26.2 Å². The first kappa shape index (κ1) is 22.3. The Balaban J connectivity index is 1.21. The molecule has 2 aliphatic rings. The summed E-state index contributed by atoms with van der Waals surface area (Å²) in [6.45, 7) is 4.11. The molecule has 8 nitrogen and oxygen atoms in total. The van der Waals surface area contributed by atoms with Crippen molar-refractivity contribution >= 4 is 23.4 Å². The quantitative estimate of drug-likeness (QED) is 0.573. The zero-order valence-electron chi connectivity index (χ0n) is 18.8.